The van der Waals surface area contributed by atoms with Crippen LogP contribution in [-0.4, -0.2) is 11.7 Å². The molecular formula is C12H13NO2. The third-order valence-corrected chi connectivity index (χ3v) is 2.21. The third kappa shape index (κ3) is 2.01. The van der Waals surface area contributed by atoms with E-state index in [9.17, 15) is 4.79 Å². The number of rotatable bonds is 1. The Morgan fingerprint density at radius 2 is 1.87 bits per heavy atom. The van der Waals surface area contributed by atoms with E-state index in [2.05, 4.69) is 0 Å². The van der Waals surface area contributed by atoms with Crippen LogP contribution >= 0.6 is 0 Å². The van der Waals surface area contributed by atoms with Crippen molar-refractivity contribution in [1.82, 2.24) is 0 Å². The lowest BCUT2D eigenvalue weighted by molar-refractivity contribution is 0.0741. The molecule has 0 spiro atoms. The first-order valence-electron chi connectivity index (χ1n) is 4.85. The van der Waals surface area contributed by atoms with Crippen molar-refractivity contribution in [2.45, 2.75) is 19.4 Å². The lowest BCUT2D eigenvalue weighted by Crippen LogP contribution is -2.38. The second kappa shape index (κ2) is 3.42. The van der Waals surface area contributed by atoms with Crippen LogP contribution in [0.3, 0.4) is 0 Å². The van der Waals surface area contributed by atoms with Crippen LogP contribution in [0.2, 0.25) is 0 Å². The van der Waals surface area contributed by atoms with E-state index in [1.54, 1.807) is 6.20 Å². The van der Waals surface area contributed by atoms with Gasteiger partial charge in [0, 0.05) is 6.20 Å². The number of amides is 1. The van der Waals surface area contributed by atoms with Gasteiger partial charge in [-0.25, -0.2) is 4.79 Å². The highest BCUT2D eigenvalue weighted by Gasteiger charge is 2.28. The molecule has 0 radical (unpaired) electrons. The maximum Gasteiger partial charge on any atom is 0.419 e. The topological polar surface area (TPSA) is 29.5 Å². The number of carbonyl (C=O) groups excluding carboxylic acids is 1. The molecule has 1 heterocycles. The van der Waals surface area contributed by atoms with E-state index in [0.29, 0.717) is 0 Å². The molecule has 0 unspecified atom stereocenters. The fourth-order valence-electron chi connectivity index (χ4n) is 1.40. The Morgan fingerprint density at radius 3 is 2.47 bits per heavy atom. The van der Waals surface area contributed by atoms with Crippen molar-refractivity contribution in [1.29, 1.82) is 0 Å². The van der Waals surface area contributed by atoms with Gasteiger partial charge in [0.1, 0.15) is 5.60 Å². The minimum Gasteiger partial charge on any atom is -0.439 e. The monoisotopic (exact) mass is 203 g/mol. The first kappa shape index (κ1) is 9.77. The van der Waals surface area contributed by atoms with E-state index in [-0.39, 0.29) is 6.09 Å². The van der Waals surface area contributed by atoms with Crippen LogP contribution in [0.25, 0.3) is 0 Å². The van der Waals surface area contributed by atoms with Crippen molar-refractivity contribution in [3.05, 3.63) is 42.6 Å². The Kier molecular flexibility index (Phi) is 2.23. The summed E-state index contributed by atoms with van der Waals surface area (Å²) in [5, 5.41) is 0. The van der Waals surface area contributed by atoms with Crippen LogP contribution < -0.4 is 4.90 Å². The molecule has 0 bridgehead atoms. The van der Waals surface area contributed by atoms with Gasteiger partial charge in [-0.15, -0.1) is 0 Å². The van der Waals surface area contributed by atoms with Crippen LogP contribution in [0.15, 0.2) is 42.6 Å². The van der Waals surface area contributed by atoms with Gasteiger partial charge >= 0.3 is 6.09 Å². The number of hydrogen-bond donors (Lipinski definition) is 0. The van der Waals surface area contributed by atoms with Crippen molar-refractivity contribution in [3.63, 3.8) is 0 Å². The van der Waals surface area contributed by atoms with Crippen molar-refractivity contribution in [3.8, 4) is 0 Å². The van der Waals surface area contributed by atoms with Gasteiger partial charge in [-0.05, 0) is 32.1 Å². The Hall–Kier alpha value is -1.77. The fourth-order valence-corrected chi connectivity index (χ4v) is 1.40. The average molecular weight is 203 g/mol. The number of benzene rings is 1. The second-order valence-corrected chi connectivity index (χ2v) is 3.99. The molecule has 0 atom stereocenters. The zero-order chi connectivity index (χ0) is 10.9. The predicted molar refractivity (Wildman–Crippen MR) is 58.6 cm³/mol. The van der Waals surface area contributed by atoms with Gasteiger partial charge in [-0.2, -0.15) is 0 Å². The SMILES string of the molecule is CC1(C)C=CN(c2ccccc2)C(=O)O1. The number of cyclic esters (lactones) is 1. The number of ether oxygens (including phenoxy) is 1. The molecule has 0 aromatic heterocycles. The molecule has 0 fully saturated rings. The van der Waals surface area contributed by atoms with Crippen LogP contribution in [-0.2, 0) is 4.74 Å². The van der Waals surface area contributed by atoms with Gasteiger partial charge < -0.3 is 4.74 Å². The van der Waals surface area contributed by atoms with E-state index in [1.807, 2.05) is 50.3 Å². The highest BCUT2D eigenvalue weighted by molar-refractivity contribution is 5.90. The molecule has 2 rings (SSSR count). The Balaban J connectivity index is 2.30. The van der Waals surface area contributed by atoms with E-state index >= 15 is 0 Å². The molecule has 1 amide bonds. The molecule has 3 nitrogen and oxygen atoms in total. The van der Waals surface area contributed by atoms with Crippen molar-refractivity contribution in [2.75, 3.05) is 4.90 Å². The smallest absolute Gasteiger partial charge is 0.419 e. The van der Waals surface area contributed by atoms with Crippen molar-refractivity contribution >= 4 is 11.8 Å². The minimum absolute atomic E-state index is 0.339. The molecule has 3 heteroatoms. The van der Waals surface area contributed by atoms with Crippen LogP contribution in [0.4, 0.5) is 10.5 Å². The van der Waals surface area contributed by atoms with E-state index in [1.165, 1.54) is 4.90 Å². The molecule has 1 aromatic carbocycles. The van der Waals surface area contributed by atoms with Crippen LogP contribution in [0.5, 0.6) is 0 Å². The summed E-state index contributed by atoms with van der Waals surface area (Å²) in [5.74, 6) is 0. The molecule has 1 aliphatic rings. The Bertz CT molecular complexity index is 395. The number of anilines is 1. The van der Waals surface area contributed by atoms with E-state index in [4.69, 9.17) is 4.74 Å². The van der Waals surface area contributed by atoms with Gasteiger partial charge in [0.25, 0.3) is 0 Å². The number of nitrogens with zero attached hydrogens (tertiary/aromatic N) is 1. The fraction of sp³-hybridized carbons (Fsp3) is 0.250. The van der Waals surface area contributed by atoms with Gasteiger partial charge in [0.05, 0.1) is 5.69 Å². The molecular weight excluding hydrogens is 190 g/mol. The summed E-state index contributed by atoms with van der Waals surface area (Å²) >= 11 is 0. The molecule has 0 aliphatic carbocycles. The van der Waals surface area contributed by atoms with Crippen molar-refractivity contribution < 1.29 is 9.53 Å². The van der Waals surface area contributed by atoms with Gasteiger partial charge in [-0.3, -0.25) is 4.90 Å². The molecule has 0 N–H and O–H groups in total. The summed E-state index contributed by atoms with van der Waals surface area (Å²) in [5.41, 5.74) is 0.303. The highest BCUT2D eigenvalue weighted by atomic mass is 16.6. The maximum atomic E-state index is 11.7. The summed E-state index contributed by atoms with van der Waals surface area (Å²) in [6, 6.07) is 9.41. The lowest BCUT2D eigenvalue weighted by atomic mass is 10.1. The van der Waals surface area contributed by atoms with Gasteiger partial charge in [0.15, 0.2) is 0 Å². The van der Waals surface area contributed by atoms with E-state index < -0.39 is 5.60 Å². The lowest BCUT2D eigenvalue weighted by Gasteiger charge is -2.30. The molecule has 1 aliphatic heterocycles. The average Bonchev–Trinajstić information content (AvgIpc) is 2.17. The summed E-state index contributed by atoms with van der Waals surface area (Å²) in [4.78, 5) is 13.2. The zero-order valence-corrected chi connectivity index (χ0v) is 8.81. The zero-order valence-electron chi connectivity index (χ0n) is 8.81. The Labute approximate surface area is 89.0 Å². The maximum absolute atomic E-state index is 11.7. The van der Waals surface area contributed by atoms with Gasteiger partial charge in [-0.1, -0.05) is 18.2 Å². The van der Waals surface area contributed by atoms with Crippen LogP contribution in [0.1, 0.15) is 13.8 Å². The minimum atomic E-state index is -0.512. The summed E-state index contributed by atoms with van der Waals surface area (Å²) in [6.07, 6.45) is 3.27. The normalized spacial score (nSPS) is 18.8. The molecule has 78 valence electrons. The van der Waals surface area contributed by atoms with Gasteiger partial charge in [0.2, 0.25) is 0 Å². The molecule has 1 aromatic rings. The quantitative estimate of drug-likeness (QED) is 0.702. The number of carbonyl (C=O) groups is 1. The van der Waals surface area contributed by atoms with Crippen molar-refractivity contribution in [2.24, 2.45) is 0 Å². The third-order valence-electron chi connectivity index (χ3n) is 2.21. The number of hydrogen-bond acceptors (Lipinski definition) is 2. The summed E-state index contributed by atoms with van der Waals surface area (Å²) in [6.45, 7) is 3.70. The number of para-hydroxylation sites is 1. The van der Waals surface area contributed by atoms with E-state index in [0.717, 1.165) is 5.69 Å². The summed E-state index contributed by atoms with van der Waals surface area (Å²) in [7, 11) is 0. The largest absolute Gasteiger partial charge is 0.439 e. The molecule has 15 heavy (non-hydrogen) atoms. The molecule has 0 saturated carbocycles. The first-order valence-corrected chi connectivity index (χ1v) is 4.85. The van der Waals surface area contributed by atoms with Crippen LogP contribution in [0, 0.1) is 0 Å². The summed E-state index contributed by atoms with van der Waals surface area (Å²) < 4.78 is 5.24. The highest BCUT2D eigenvalue weighted by Crippen LogP contribution is 2.24. The Morgan fingerprint density at radius 1 is 1.20 bits per heavy atom. The second-order valence-electron chi connectivity index (χ2n) is 3.99. The molecule has 0 saturated heterocycles. The predicted octanol–water partition coefficient (Wildman–Crippen LogP) is 2.94. The standard InChI is InChI=1S/C12H13NO2/c1-12(2)8-9-13(11(14)15-12)10-6-4-3-5-7-10/h3-9H,1-2H3. The first-order chi connectivity index (χ1) is 7.08.